The van der Waals surface area contributed by atoms with Gasteiger partial charge in [-0.15, -0.1) is 11.3 Å². The molecule has 3 nitrogen and oxygen atoms in total. The maximum atomic E-state index is 13.2. The lowest BCUT2D eigenvalue weighted by Gasteiger charge is -2.02. The Morgan fingerprint density at radius 3 is 2.64 bits per heavy atom. The predicted molar refractivity (Wildman–Crippen MR) is 101 cm³/mol. The third-order valence-corrected chi connectivity index (χ3v) is 4.71. The summed E-state index contributed by atoms with van der Waals surface area (Å²) in [6, 6.07) is 13.7. The molecule has 0 aliphatic heterocycles. The summed E-state index contributed by atoms with van der Waals surface area (Å²) >= 11 is 13.0. The lowest BCUT2D eigenvalue weighted by atomic mass is 10.2. The largest absolute Gasteiger partial charge is 0.360 e. The molecule has 2 aromatic carbocycles. The van der Waals surface area contributed by atoms with Gasteiger partial charge < -0.3 is 5.32 Å². The van der Waals surface area contributed by atoms with E-state index in [2.05, 4.69) is 16.4 Å². The third kappa shape index (κ3) is 4.18. The molecule has 124 valence electrons. The van der Waals surface area contributed by atoms with Crippen LogP contribution >= 0.6 is 34.5 Å². The zero-order chi connectivity index (χ0) is 17.8. The van der Waals surface area contributed by atoms with E-state index in [0.717, 1.165) is 11.3 Å². The Balaban J connectivity index is 1.82. The Labute approximate surface area is 158 Å². The monoisotopic (exact) mass is 389 g/mol. The summed E-state index contributed by atoms with van der Waals surface area (Å²) in [4.78, 5) is 4.48. The molecule has 0 unspecified atom stereocenters. The summed E-state index contributed by atoms with van der Waals surface area (Å²) in [5, 5.41) is 15.4. The average molecular weight is 390 g/mol. The van der Waals surface area contributed by atoms with Gasteiger partial charge in [0.1, 0.15) is 22.5 Å². The van der Waals surface area contributed by atoms with E-state index in [0.29, 0.717) is 21.3 Å². The van der Waals surface area contributed by atoms with Crippen LogP contribution in [0.25, 0.3) is 16.8 Å². The molecular weight excluding hydrogens is 380 g/mol. The maximum Gasteiger partial charge on any atom is 0.141 e. The van der Waals surface area contributed by atoms with Gasteiger partial charge in [-0.1, -0.05) is 35.3 Å². The number of nitrogens with one attached hydrogen (secondary N) is 1. The quantitative estimate of drug-likeness (QED) is 0.537. The van der Waals surface area contributed by atoms with E-state index < -0.39 is 5.82 Å². The molecule has 3 aromatic rings. The van der Waals surface area contributed by atoms with Gasteiger partial charge in [0.25, 0.3) is 0 Å². The number of anilines is 1. The number of halogens is 3. The Bertz CT molecular complexity index is 975. The summed E-state index contributed by atoms with van der Waals surface area (Å²) in [5.41, 5.74) is 2.63. The second kappa shape index (κ2) is 7.66. The standard InChI is InChI=1S/C18H10Cl2FN3S/c19-13-3-1-11(2-4-13)17-10-25-18(24-17)12(8-22)9-23-14-5-6-16(21)15(20)7-14/h1-7,9-10,23H. The average Bonchev–Trinajstić information content (AvgIpc) is 3.09. The van der Waals surface area contributed by atoms with Crippen LogP contribution < -0.4 is 5.32 Å². The highest BCUT2D eigenvalue weighted by Crippen LogP contribution is 2.27. The van der Waals surface area contributed by atoms with Gasteiger partial charge in [0.05, 0.1) is 10.7 Å². The normalized spacial score (nSPS) is 11.2. The number of nitrogens with zero attached hydrogens (tertiary/aromatic N) is 2. The van der Waals surface area contributed by atoms with Gasteiger partial charge >= 0.3 is 0 Å². The fraction of sp³-hybridized carbons (Fsp3) is 0. The molecule has 0 radical (unpaired) electrons. The molecule has 1 aromatic heterocycles. The smallest absolute Gasteiger partial charge is 0.141 e. The van der Waals surface area contributed by atoms with Gasteiger partial charge in [0, 0.05) is 27.9 Å². The van der Waals surface area contributed by atoms with Crippen LogP contribution in [0.15, 0.2) is 54.0 Å². The van der Waals surface area contributed by atoms with Crippen LogP contribution in [0.1, 0.15) is 5.01 Å². The highest BCUT2D eigenvalue weighted by Gasteiger charge is 2.09. The molecule has 7 heteroatoms. The topological polar surface area (TPSA) is 48.7 Å². The first kappa shape index (κ1) is 17.4. The third-order valence-electron chi connectivity index (χ3n) is 3.30. The van der Waals surface area contributed by atoms with Gasteiger partial charge in [-0.05, 0) is 30.3 Å². The number of nitriles is 1. The Hall–Kier alpha value is -2.39. The van der Waals surface area contributed by atoms with Crippen LogP contribution in [-0.4, -0.2) is 4.98 Å². The van der Waals surface area contributed by atoms with Crippen molar-refractivity contribution in [3.63, 3.8) is 0 Å². The van der Waals surface area contributed by atoms with Crippen molar-refractivity contribution in [2.45, 2.75) is 0 Å². The molecule has 0 saturated heterocycles. The molecule has 0 saturated carbocycles. The zero-order valence-corrected chi connectivity index (χ0v) is 15.0. The lowest BCUT2D eigenvalue weighted by Crippen LogP contribution is -1.92. The van der Waals surface area contributed by atoms with Crippen LogP contribution in [0.4, 0.5) is 10.1 Å². The minimum atomic E-state index is -0.496. The molecule has 1 N–H and O–H groups in total. The predicted octanol–water partition coefficient (Wildman–Crippen LogP) is 6.23. The SMILES string of the molecule is N#CC(=CNc1ccc(F)c(Cl)c1)c1nc(-c2ccc(Cl)cc2)cs1. The lowest BCUT2D eigenvalue weighted by molar-refractivity contribution is 0.628. The molecule has 3 rings (SSSR count). The molecule has 0 atom stereocenters. The second-order valence-electron chi connectivity index (χ2n) is 4.99. The minimum absolute atomic E-state index is 0.0104. The van der Waals surface area contributed by atoms with Gasteiger partial charge in [0.2, 0.25) is 0 Å². The molecular formula is C18H10Cl2FN3S. The van der Waals surface area contributed by atoms with E-state index in [4.69, 9.17) is 23.2 Å². The summed E-state index contributed by atoms with van der Waals surface area (Å²) in [7, 11) is 0. The van der Waals surface area contributed by atoms with E-state index in [-0.39, 0.29) is 5.02 Å². The zero-order valence-electron chi connectivity index (χ0n) is 12.6. The molecule has 1 heterocycles. The van der Waals surface area contributed by atoms with Crippen molar-refractivity contribution in [2.75, 3.05) is 5.32 Å². The van der Waals surface area contributed by atoms with Crippen LogP contribution in [-0.2, 0) is 0 Å². The Morgan fingerprint density at radius 1 is 1.20 bits per heavy atom. The van der Waals surface area contributed by atoms with Crippen molar-refractivity contribution in [1.82, 2.24) is 4.98 Å². The molecule has 0 fully saturated rings. The molecule has 0 bridgehead atoms. The number of hydrogen-bond acceptors (Lipinski definition) is 4. The van der Waals surface area contributed by atoms with Gasteiger partial charge in [-0.3, -0.25) is 0 Å². The second-order valence-corrected chi connectivity index (χ2v) is 6.69. The maximum absolute atomic E-state index is 13.2. The van der Waals surface area contributed by atoms with E-state index >= 15 is 0 Å². The number of allylic oxidation sites excluding steroid dienone is 1. The molecule has 0 amide bonds. The Morgan fingerprint density at radius 2 is 1.96 bits per heavy atom. The summed E-state index contributed by atoms with van der Waals surface area (Å²) < 4.78 is 13.2. The van der Waals surface area contributed by atoms with Crippen LogP contribution in [0.5, 0.6) is 0 Å². The number of aromatic nitrogens is 1. The summed E-state index contributed by atoms with van der Waals surface area (Å²) in [6.45, 7) is 0. The van der Waals surface area contributed by atoms with Gasteiger partial charge in [0.15, 0.2) is 0 Å². The first-order valence-electron chi connectivity index (χ1n) is 7.10. The van der Waals surface area contributed by atoms with Crippen molar-refractivity contribution in [2.24, 2.45) is 0 Å². The van der Waals surface area contributed by atoms with E-state index in [1.54, 1.807) is 12.1 Å². The van der Waals surface area contributed by atoms with Gasteiger partial charge in [-0.2, -0.15) is 5.26 Å². The molecule has 0 spiro atoms. The van der Waals surface area contributed by atoms with E-state index in [9.17, 15) is 9.65 Å². The number of rotatable bonds is 4. The van der Waals surface area contributed by atoms with Gasteiger partial charge in [-0.25, -0.2) is 9.37 Å². The number of benzene rings is 2. The molecule has 0 aliphatic carbocycles. The molecule has 25 heavy (non-hydrogen) atoms. The van der Waals surface area contributed by atoms with Crippen LogP contribution in [0.2, 0.25) is 10.0 Å². The van der Waals surface area contributed by atoms with E-state index in [1.807, 2.05) is 17.5 Å². The highest BCUT2D eigenvalue weighted by molar-refractivity contribution is 7.11. The first-order valence-corrected chi connectivity index (χ1v) is 8.74. The minimum Gasteiger partial charge on any atom is -0.360 e. The number of thiazole rings is 1. The highest BCUT2D eigenvalue weighted by atomic mass is 35.5. The van der Waals surface area contributed by atoms with Crippen molar-refractivity contribution in [3.8, 4) is 17.3 Å². The summed E-state index contributed by atoms with van der Waals surface area (Å²) in [6.07, 6.45) is 1.52. The number of hydrogen-bond donors (Lipinski definition) is 1. The van der Waals surface area contributed by atoms with Crippen LogP contribution in [0.3, 0.4) is 0 Å². The van der Waals surface area contributed by atoms with E-state index in [1.165, 1.54) is 35.7 Å². The van der Waals surface area contributed by atoms with Crippen molar-refractivity contribution >= 4 is 45.8 Å². The van der Waals surface area contributed by atoms with Crippen molar-refractivity contribution < 1.29 is 4.39 Å². The van der Waals surface area contributed by atoms with Crippen molar-refractivity contribution in [3.05, 3.63) is 74.9 Å². The van der Waals surface area contributed by atoms with Crippen molar-refractivity contribution in [1.29, 1.82) is 5.26 Å². The Kier molecular flexibility index (Phi) is 5.34. The fourth-order valence-corrected chi connectivity index (χ4v) is 3.14. The molecule has 0 aliphatic rings. The van der Waals surface area contributed by atoms with Crippen LogP contribution in [0, 0.1) is 17.1 Å². The fourth-order valence-electron chi connectivity index (χ4n) is 2.03. The first-order chi connectivity index (χ1) is 12.1. The summed E-state index contributed by atoms with van der Waals surface area (Å²) in [5.74, 6) is -0.496.